The zero-order valence-corrected chi connectivity index (χ0v) is 14.1. The zero-order chi connectivity index (χ0) is 14.7. The van der Waals surface area contributed by atoms with E-state index in [9.17, 15) is 4.79 Å². The molecule has 2 unspecified atom stereocenters. The monoisotopic (exact) mass is 314 g/mol. The summed E-state index contributed by atoms with van der Waals surface area (Å²) in [6.45, 7) is 6.22. The third kappa shape index (κ3) is 3.01. The van der Waals surface area contributed by atoms with E-state index in [1.165, 1.54) is 0 Å². The van der Waals surface area contributed by atoms with E-state index in [4.69, 9.17) is 4.74 Å². The highest BCUT2D eigenvalue weighted by atomic mass is 32.2. The molecule has 2 heterocycles. The van der Waals surface area contributed by atoms with Gasteiger partial charge in [-0.2, -0.15) is 16.9 Å². The van der Waals surface area contributed by atoms with Gasteiger partial charge in [0, 0.05) is 22.8 Å². The van der Waals surface area contributed by atoms with Crippen molar-refractivity contribution in [2.24, 2.45) is 0 Å². The van der Waals surface area contributed by atoms with Crippen LogP contribution in [-0.2, 0) is 0 Å². The molecule has 1 aromatic heterocycles. The number of ketones is 1. The van der Waals surface area contributed by atoms with E-state index in [2.05, 4.69) is 12.0 Å². The number of rotatable bonds is 5. The lowest BCUT2D eigenvalue weighted by Gasteiger charge is -2.29. The summed E-state index contributed by atoms with van der Waals surface area (Å²) in [6.07, 6.45) is 2.67. The Bertz CT molecular complexity index is 474. The summed E-state index contributed by atoms with van der Waals surface area (Å²) in [6, 6.07) is 0.152. The van der Waals surface area contributed by atoms with E-state index in [1.54, 1.807) is 29.8 Å². The quantitative estimate of drug-likeness (QED) is 0.780. The lowest BCUT2D eigenvalue weighted by atomic mass is 10.1. The van der Waals surface area contributed by atoms with Gasteiger partial charge in [-0.1, -0.05) is 6.92 Å². The van der Waals surface area contributed by atoms with Crippen molar-refractivity contribution in [1.29, 1.82) is 0 Å². The highest BCUT2D eigenvalue weighted by Crippen LogP contribution is 2.37. The fraction of sp³-hybridized carbons (Fsp3) is 0.714. The van der Waals surface area contributed by atoms with Crippen molar-refractivity contribution in [3.05, 3.63) is 11.9 Å². The van der Waals surface area contributed by atoms with Gasteiger partial charge in [-0.25, -0.2) is 0 Å². The van der Waals surface area contributed by atoms with Crippen LogP contribution in [0.4, 0.5) is 0 Å². The van der Waals surface area contributed by atoms with Gasteiger partial charge in [0.15, 0.2) is 11.5 Å². The fourth-order valence-electron chi connectivity index (χ4n) is 2.40. The number of ether oxygens (including phenoxy) is 1. The van der Waals surface area contributed by atoms with Crippen LogP contribution in [0.25, 0.3) is 0 Å². The summed E-state index contributed by atoms with van der Waals surface area (Å²) in [4.78, 5) is 13.0. The number of hydrogen-bond acceptors (Lipinski definition) is 5. The van der Waals surface area contributed by atoms with E-state index in [0.29, 0.717) is 16.7 Å². The molecule has 0 aliphatic carbocycles. The predicted molar refractivity (Wildman–Crippen MR) is 86.3 cm³/mol. The minimum Gasteiger partial charge on any atom is -0.493 e. The lowest BCUT2D eigenvalue weighted by molar-refractivity contribution is 0.0972. The molecule has 1 fully saturated rings. The average Bonchev–Trinajstić information content (AvgIpc) is 2.90. The molecule has 112 valence electrons. The molecule has 0 N–H and O–H groups in total. The van der Waals surface area contributed by atoms with Gasteiger partial charge in [-0.15, -0.1) is 11.8 Å². The molecule has 2 rings (SSSR count). The zero-order valence-electron chi connectivity index (χ0n) is 12.5. The first-order valence-electron chi connectivity index (χ1n) is 6.99. The van der Waals surface area contributed by atoms with Crippen molar-refractivity contribution < 1.29 is 9.53 Å². The molecule has 1 aromatic rings. The van der Waals surface area contributed by atoms with Crippen LogP contribution in [0.1, 0.15) is 43.7 Å². The van der Waals surface area contributed by atoms with Crippen molar-refractivity contribution in [2.75, 3.05) is 18.6 Å². The van der Waals surface area contributed by atoms with Gasteiger partial charge in [0.2, 0.25) is 0 Å². The summed E-state index contributed by atoms with van der Waals surface area (Å²) in [5.74, 6) is 2.93. The van der Waals surface area contributed by atoms with Gasteiger partial charge in [0.25, 0.3) is 0 Å². The molecule has 0 radical (unpaired) electrons. The smallest absolute Gasteiger partial charge is 0.198 e. The number of methoxy groups -OCH3 is 1. The Hall–Kier alpha value is -0.620. The standard InChI is InChI=1S/C14H22N2O2S2/c1-5-11-14(20-7-6-19-11)13(17)12-10(18-4)8-15-16(12)9(2)3/h8-9,11,14H,5-7H2,1-4H3. The minimum atomic E-state index is 0.0156. The van der Waals surface area contributed by atoms with Crippen LogP contribution in [0.2, 0.25) is 0 Å². The highest BCUT2D eigenvalue weighted by molar-refractivity contribution is 8.07. The topological polar surface area (TPSA) is 44.1 Å². The Morgan fingerprint density at radius 1 is 1.50 bits per heavy atom. The Morgan fingerprint density at radius 2 is 2.20 bits per heavy atom. The first-order chi connectivity index (χ1) is 9.60. The van der Waals surface area contributed by atoms with Gasteiger partial charge in [-0.05, 0) is 20.3 Å². The molecule has 0 aromatic carbocycles. The van der Waals surface area contributed by atoms with E-state index in [-0.39, 0.29) is 17.1 Å². The van der Waals surface area contributed by atoms with E-state index in [0.717, 1.165) is 17.9 Å². The number of hydrogen-bond donors (Lipinski definition) is 0. The summed E-state index contributed by atoms with van der Waals surface area (Å²) in [5.41, 5.74) is 0.626. The van der Waals surface area contributed by atoms with Gasteiger partial charge in [-0.3, -0.25) is 9.48 Å². The largest absolute Gasteiger partial charge is 0.493 e. The highest BCUT2D eigenvalue weighted by Gasteiger charge is 2.35. The van der Waals surface area contributed by atoms with Crippen molar-refractivity contribution >= 4 is 29.3 Å². The van der Waals surface area contributed by atoms with Crippen molar-refractivity contribution in [3.8, 4) is 5.75 Å². The predicted octanol–water partition coefficient (Wildman–Crippen LogP) is 3.28. The Morgan fingerprint density at radius 3 is 2.80 bits per heavy atom. The van der Waals surface area contributed by atoms with Gasteiger partial charge < -0.3 is 4.74 Å². The summed E-state index contributed by atoms with van der Waals surface area (Å²) in [5, 5.41) is 4.71. The molecular formula is C14H22N2O2S2. The fourth-order valence-corrected chi connectivity index (χ4v) is 5.40. The molecule has 2 atom stereocenters. The lowest BCUT2D eigenvalue weighted by Crippen LogP contribution is -2.34. The normalized spacial score (nSPS) is 23.1. The molecule has 0 bridgehead atoms. The molecular weight excluding hydrogens is 292 g/mol. The van der Waals surface area contributed by atoms with Gasteiger partial charge >= 0.3 is 0 Å². The second-order valence-electron chi connectivity index (χ2n) is 5.07. The number of Topliss-reactive ketones (excluding diaryl/α,β-unsaturated/α-hetero) is 1. The van der Waals surface area contributed by atoms with E-state index in [1.807, 2.05) is 25.6 Å². The maximum atomic E-state index is 13.0. The van der Waals surface area contributed by atoms with Gasteiger partial charge in [0.1, 0.15) is 5.69 Å². The van der Waals surface area contributed by atoms with Crippen molar-refractivity contribution in [1.82, 2.24) is 9.78 Å². The first kappa shape index (κ1) is 15.8. The van der Waals surface area contributed by atoms with Crippen LogP contribution in [0, 0.1) is 0 Å². The van der Waals surface area contributed by atoms with E-state index < -0.39 is 0 Å². The second-order valence-corrected chi connectivity index (χ2v) is 7.67. The minimum absolute atomic E-state index is 0.0156. The molecule has 0 amide bonds. The van der Waals surface area contributed by atoms with Crippen LogP contribution >= 0.6 is 23.5 Å². The Balaban J connectivity index is 2.34. The molecule has 0 saturated carbocycles. The number of carbonyl (C=O) groups excluding carboxylic acids is 1. The molecule has 0 spiro atoms. The number of carbonyl (C=O) groups is 1. The second kappa shape index (κ2) is 6.89. The molecule has 1 saturated heterocycles. The number of nitrogens with zero attached hydrogens (tertiary/aromatic N) is 2. The van der Waals surface area contributed by atoms with Crippen LogP contribution in [0.15, 0.2) is 6.20 Å². The molecule has 1 aliphatic rings. The Labute approximate surface area is 129 Å². The molecule has 6 heteroatoms. The first-order valence-corrected chi connectivity index (χ1v) is 9.08. The third-order valence-corrected chi connectivity index (χ3v) is 6.66. The summed E-state index contributed by atoms with van der Waals surface area (Å²) >= 11 is 3.69. The Kier molecular flexibility index (Phi) is 5.43. The molecule has 20 heavy (non-hydrogen) atoms. The van der Waals surface area contributed by atoms with Gasteiger partial charge in [0.05, 0.1) is 18.6 Å². The van der Waals surface area contributed by atoms with Crippen LogP contribution in [0.5, 0.6) is 5.75 Å². The average molecular weight is 314 g/mol. The summed E-state index contributed by atoms with van der Waals surface area (Å²) < 4.78 is 7.12. The van der Waals surface area contributed by atoms with Crippen LogP contribution in [-0.4, -0.2) is 44.7 Å². The van der Waals surface area contributed by atoms with Crippen LogP contribution < -0.4 is 4.74 Å². The SMILES string of the molecule is CCC1SCCSC1C(=O)c1c(OC)cnn1C(C)C. The third-order valence-electron chi connectivity index (χ3n) is 3.42. The summed E-state index contributed by atoms with van der Waals surface area (Å²) in [7, 11) is 1.60. The van der Waals surface area contributed by atoms with E-state index >= 15 is 0 Å². The maximum absolute atomic E-state index is 13.0. The maximum Gasteiger partial charge on any atom is 0.198 e. The molecule has 1 aliphatic heterocycles. The van der Waals surface area contributed by atoms with Crippen LogP contribution in [0.3, 0.4) is 0 Å². The molecule has 4 nitrogen and oxygen atoms in total. The van der Waals surface area contributed by atoms with Crippen molar-refractivity contribution in [2.45, 2.75) is 43.7 Å². The number of thioether (sulfide) groups is 2. The number of aromatic nitrogens is 2. The van der Waals surface area contributed by atoms with Crippen molar-refractivity contribution in [3.63, 3.8) is 0 Å².